The van der Waals surface area contributed by atoms with Gasteiger partial charge in [-0.05, 0) is 25.1 Å². The van der Waals surface area contributed by atoms with Gasteiger partial charge in [-0.2, -0.15) is 5.10 Å². The van der Waals surface area contributed by atoms with Crippen LogP contribution in [0.1, 0.15) is 29.8 Å². The predicted octanol–water partition coefficient (Wildman–Crippen LogP) is 3.24. The quantitative estimate of drug-likeness (QED) is 0.455. The molecule has 176 valence electrons. The van der Waals surface area contributed by atoms with Crippen molar-refractivity contribution in [2.24, 2.45) is 0 Å². The third-order valence-electron chi connectivity index (χ3n) is 5.28. The fourth-order valence-corrected chi connectivity index (χ4v) is 5.35. The van der Waals surface area contributed by atoms with Crippen molar-refractivity contribution in [1.29, 1.82) is 0 Å². The molecule has 0 radical (unpaired) electrons. The fourth-order valence-electron chi connectivity index (χ4n) is 3.42. The van der Waals surface area contributed by atoms with Crippen LogP contribution in [0.5, 0.6) is 0 Å². The molecule has 3 aromatic rings. The Labute approximate surface area is 194 Å². The fraction of sp³-hybridized carbons (Fsp3) is 0.318. The number of ketones is 1. The predicted molar refractivity (Wildman–Crippen MR) is 121 cm³/mol. The third-order valence-corrected chi connectivity index (χ3v) is 7.83. The van der Waals surface area contributed by atoms with Crippen molar-refractivity contribution in [3.05, 3.63) is 77.9 Å². The topological polar surface area (TPSA) is 102 Å². The monoisotopic (exact) mass is 495 g/mol. The Morgan fingerprint density at radius 1 is 1.18 bits per heavy atom. The Kier molecular flexibility index (Phi) is 7.35. The molecule has 0 amide bonds. The van der Waals surface area contributed by atoms with Crippen molar-refractivity contribution in [3.63, 3.8) is 0 Å². The van der Waals surface area contributed by atoms with Gasteiger partial charge in [-0.3, -0.25) is 4.79 Å². The molecule has 0 saturated carbocycles. The first-order valence-corrected chi connectivity index (χ1v) is 12.8. The van der Waals surface area contributed by atoms with Gasteiger partial charge in [-0.25, -0.2) is 26.9 Å². The van der Waals surface area contributed by atoms with Crippen molar-refractivity contribution in [2.45, 2.75) is 41.4 Å². The van der Waals surface area contributed by atoms with Gasteiger partial charge in [0.1, 0.15) is 29.9 Å². The number of thioether (sulfide) groups is 1. The molecule has 0 spiro atoms. The van der Waals surface area contributed by atoms with Crippen molar-refractivity contribution in [2.75, 3.05) is 6.26 Å². The van der Waals surface area contributed by atoms with E-state index in [1.54, 1.807) is 13.8 Å². The van der Waals surface area contributed by atoms with E-state index in [0.717, 1.165) is 24.1 Å². The van der Waals surface area contributed by atoms with E-state index in [1.807, 2.05) is 0 Å². The van der Waals surface area contributed by atoms with Gasteiger partial charge in [0.25, 0.3) is 0 Å². The second-order valence-corrected chi connectivity index (χ2v) is 11.4. The molecule has 1 heterocycles. The molecule has 3 rings (SSSR count). The lowest BCUT2D eigenvalue weighted by molar-refractivity contribution is 0.0132. The molecule has 0 aliphatic carbocycles. The van der Waals surface area contributed by atoms with E-state index in [1.165, 1.54) is 47.7 Å². The molecule has 1 N–H and O–H groups in total. The number of halogens is 2. The van der Waals surface area contributed by atoms with E-state index in [2.05, 4.69) is 10.1 Å². The average molecular weight is 496 g/mol. The lowest BCUT2D eigenvalue weighted by Crippen LogP contribution is -2.42. The maximum atomic E-state index is 14.7. The maximum Gasteiger partial charge on any atom is 0.175 e. The van der Waals surface area contributed by atoms with E-state index in [4.69, 9.17) is 0 Å². The largest absolute Gasteiger partial charge is 0.382 e. The number of hydrogen-bond acceptors (Lipinski definition) is 7. The zero-order valence-corrected chi connectivity index (χ0v) is 19.8. The maximum absolute atomic E-state index is 14.7. The first kappa shape index (κ1) is 25.0. The number of rotatable bonds is 9. The van der Waals surface area contributed by atoms with Gasteiger partial charge >= 0.3 is 0 Å². The Bertz CT molecular complexity index is 1240. The van der Waals surface area contributed by atoms with E-state index in [-0.39, 0.29) is 22.8 Å². The van der Waals surface area contributed by atoms with Crippen LogP contribution in [0.4, 0.5) is 8.78 Å². The van der Waals surface area contributed by atoms with Gasteiger partial charge < -0.3 is 5.11 Å². The third kappa shape index (κ3) is 5.66. The van der Waals surface area contributed by atoms with Crippen LogP contribution in [0.2, 0.25) is 0 Å². The zero-order chi connectivity index (χ0) is 24.4. The molecule has 1 aromatic heterocycles. The Morgan fingerprint density at radius 3 is 2.39 bits per heavy atom. The van der Waals surface area contributed by atoms with Crippen LogP contribution in [0.25, 0.3) is 0 Å². The summed E-state index contributed by atoms with van der Waals surface area (Å²) in [5.74, 6) is -1.98. The highest BCUT2D eigenvalue weighted by atomic mass is 32.2. The number of sulfone groups is 1. The Morgan fingerprint density at radius 2 is 1.85 bits per heavy atom. The van der Waals surface area contributed by atoms with Crippen LogP contribution < -0.4 is 0 Å². The second kappa shape index (κ2) is 9.70. The number of nitrogens with zero attached hydrogens (tertiary/aromatic N) is 3. The summed E-state index contributed by atoms with van der Waals surface area (Å²) in [6, 6.07) is 8.51. The van der Waals surface area contributed by atoms with Crippen molar-refractivity contribution in [3.8, 4) is 0 Å². The van der Waals surface area contributed by atoms with E-state index in [0.29, 0.717) is 11.6 Å². The highest BCUT2D eigenvalue weighted by molar-refractivity contribution is 8.01. The minimum atomic E-state index is -3.39. The first-order valence-electron chi connectivity index (χ1n) is 9.92. The van der Waals surface area contributed by atoms with Gasteiger partial charge in [0.2, 0.25) is 0 Å². The number of hydrogen-bond donors (Lipinski definition) is 1. The molecule has 7 nitrogen and oxygen atoms in total. The summed E-state index contributed by atoms with van der Waals surface area (Å²) < 4.78 is 52.7. The van der Waals surface area contributed by atoms with E-state index in [9.17, 15) is 27.1 Å². The summed E-state index contributed by atoms with van der Waals surface area (Å²) in [6.45, 7) is 3.11. The van der Waals surface area contributed by atoms with E-state index < -0.39 is 37.6 Å². The number of aromatic nitrogens is 3. The number of Topliss-reactive ketones (excluding diaryl/α,β-unsaturated/α-hetero) is 1. The van der Waals surface area contributed by atoms with Gasteiger partial charge in [0.05, 0.1) is 16.7 Å². The number of carbonyl (C=O) groups is 1. The van der Waals surface area contributed by atoms with Gasteiger partial charge in [-0.1, -0.05) is 25.1 Å². The number of aliphatic hydroxyl groups is 1. The average Bonchev–Trinajstić information content (AvgIpc) is 3.25. The zero-order valence-electron chi connectivity index (χ0n) is 18.1. The Balaban J connectivity index is 1.86. The summed E-state index contributed by atoms with van der Waals surface area (Å²) in [5.41, 5.74) is -1.66. The normalized spacial score (nSPS) is 15.6. The molecule has 1 unspecified atom stereocenters. The number of carbonyl (C=O) groups excluding carboxylic acids is 1. The molecular formula is C22H23F2N3O4S2. The summed E-state index contributed by atoms with van der Waals surface area (Å²) in [6.07, 6.45) is 3.71. The molecule has 2 aromatic carbocycles. The summed E-state index contributed by atoms with van der Waals surface area (Å²) >= 11 is 1.11. The minimum absolute atomic E-state index is 0.0988. The number of benzene rings is 2. The molecule has 0 aliphatic heterocycles. The van der Waals surface area contributed by atoms with Gasteiger partial charge in [0.15, 0.2) is 15.6 Å². The molecule has 3 atom stereocenters. The lowest BCUT2D eigenvalue weighted by Gasteiger charge is -2.35. The molecule has 0 fully saturated rings. The lowest BCUT2D eigenvalue weighted by atomic mass is 9.90. The van der Waals surface area contributed by atoms with Crippen LogP contribution >= 0.6 is 11.8 Å². The second-order valence-electron chi connectivity index (χ2n) is 7.72. The standard InChI is InChI=1S/C22H23F2N3O4S2/c1-14(21(28)16-4-7-18(8-5-16)33(3,30)31)32-15(2)22(29,11-27-13-25-12-26-27)19-9-6-17(23)10-20(19)24/h4-10,12-15,29H,11H2,1-3H3/t14?,15-,22-/m1/s1. The smallest absolute Gasteiger partial charge is 0.175 e. The minimum Gasteiger partial charge on any atom is -0.382 e. The van der Waals surface area contributed by atoms with Crippen LogP contribution in [0.3, 0.4) is 0 Å². The summed E-state index contributed by atoms with van der Waals surface area (Å²) in [4.78, 5) is 16.9. The molecule has 0 saturated heterocycles. The molecule has 11 heteroatoms. The van der Waals surface area contributed by atoms with E-state index >= 15 is 0 Å². The SMILES string of the molecule is CC(S[C@H](C)[C@](O)(Cn1cncn1)c1ccc(F)cc1F)C(=O)c1ccc(S(C)(=O)=O)cc1. The van der Waals surface area contributed by atoms with Crippen LogP contribution in [-0.4, -0.2) is 50.8 Å². The summed E-state index contributed by atoms with van der Waals surface area (Å²) in [7, 11) is -3.39. The highest BCUT2D eigenvalue weighted by Crippen LogP contribution is 2.38. The van der Waals surface area contributed by atoms with Gasteiger partial charge in [-0.15, -0.1) is 11.8 Å². The van der Waals surface area contributed by atoms with Crippen molar-refractivity contribution >= 4 is 27.4 Å². The van der Waals surface area contributed by atoms with Crippen LogP contribution in [0, 0.1) is 11.6 Å². The van der Waals surface area contributed by atoms with Crippen LogP contribution in [-0.2, 0) is 22.0 Å². The Hall–Kier alpha value is -2.63. The highest BCUT2D eigenvalue weighted by Gasteiger charge is 2.41. The molecule has 0 bridgehead atoms. The molecule has 33 heavy (non-hydrogen) atoms. The van der Waals surface area contributed by atoms with Crippen molar-refractivity contribution < 1.29 is 27.1 Å². The first-order chi connectivity index (χ1) is 15.4. The van der Waals surface area contributed by atoms with Crippen LogP contribution in [0.15, 0.2) is 60.0 Å². The van der Waals surface area contributed by atoms with Gasteiger partial charge in [0, 0.05) is 28.7 Å². The summed E-state index contributed by atoms with van der Waals surface area (Å²) in [5, 5.41) is 14.2. The van der Waals surface area contributed by atoms with Crippen molar-refractivity contribution in [1.82, 2.24) is 14.8 Å². The molecular weight excluding hydrogens is 472 g/mol. The molecule has 0 aliphatic rings.